The van der Waals surface area contributed by atoms with Gasteiger partial charge in [-0.05, 0) is 12.8 Å². The molecular weight excluding hydrogens is 302 g/mol. The van der Waals surface area contributed by atoms with Crippen LogP contribution in [0.2, 0.25) is 0 Å². The van der Waals surface area contributed by atoms with Crippen LogP contribution < -0.4 is 14.8 Å². The lowest BCUT2D eigenvalue weighted by atomic mass is 10.1. The van der Waals surface area contributed by atoms with Crippen LogP contribution >= 0.6 is 0 Å². The minimum atomic E-state index is -0.336. The number of aromatic nitrogens is 2. The van der Waals surface area contributed by atoms with Crippen molar-refractivity contribution in [2.75, 3.05) is 33.3 Å². The highest BCUT2D eigenvalue weighted by atomic mass is 16.5. The normalized spacial score (nSPS) is 21.1. The molecule has 0 aromatic carbocycles. The Bertz CT molecular complexity index is 596. The largest absolute Gasteiger partial charge is 0.480 e. The Morgan fingerprint density at radius 3 is 2.91 bits per heavy atom. The van der Waals surface area contributed by atoms with Gasteiger partial charge in [0.05, 0.1) is 26.0 Å². The summed E-state index contributed by atoms with van der Waals surface area (Å²) >= 11 is 0. The van der Waals surface area contributed by atoms with Gasteiger partial charge in [0.2, 0.25) is 11.8 Å². The van der Waals surface area contributed by atoms with E-state index in [-0.39, 0.29) is 18.2 Å². The van der Waals surface area contributed by atoms with Gasteiger partial charge in [-0.3, -0.25) is 4.98 Å². The van der Waals surface area contributed by atoms with E-state index in [1.807, 2.05) is 0 Å². The number of likely N-dealkylation sites (tertiary alicyclic amines) is 1. The van der Waals surface area contributed by atoms with Crippen LogP contribution in [-0.2, 0) is 0 Å². The molecule has 23 heavy (non-hydrogen) atoms. The summed E-state index contributed by atoms with van der Waals surface area (Å²) in [6.07, 6.45) is 4.45. The van der Waals surface area contributed by atoms with Crippen LogP contribution in [0.4, 0.5) is 9.59 Å². The van der Waals surface area contributed by atoms with Crippen molar-refractivity contribution in [1.29, 1.82) is 0 Å². The second kappa shape index (κ2) is 6.67. The smallest absolute Gasteiger partial charge is 0.328 e. The molecule has 0 radical (unpaired) electrons. The first-order valence-corrected chi connectivity index (χ1v) is 7.54. The summed E-state index contributed by atoms with van der Waals surface area (Å²) < 4.78 is 10.8. The minimum Gasteiger partial charge on any atom is -0.480 e. The molecule has 124 valence electrons. The van der Waals surface area contributed by atoms with Crippen LogP contribution in [0.25, 0.3) is 0 Å². The van der Waals surface area contributed by atoms with Gasteiger partial charge in [-0.15, -0.1) is 0 Å². The maximum absolute atomic E-state index is 12.4. The lowest BCUT2D eigenvalue weighted by molar-refractivity contribution is 0.0874. The van der Waals surface area contributed by atoms with Gasteiger partial charge in [-0.1, -0.05) is 0 Å². The summed E-state index contributed by atoms with van der Waals surface area (Å²) in [6, 6.07) is -0.610. The number of piperidine rings is 1. The van der Waals surface area contributed by atoms with Crippen LogP contribution in [0.1, 0.15) is 12.8 Å². The van der Waals surface area contributed by atoms with Gasteiger partial charge in [0.1, 0.15) is 6.10 Å². The molecule has 2 saturated heterocycles. The number of rotatable bonds is 3. The molecule has 0 aliphatic carbocycles. The van der Waals surface area contributed by atoms with E-state index < -0.39 is 0 Å². The summed E-state index contributed by atoms with van der Waals surface area (Å²) in [4.78, 5) is 35.0. The molecule has 1 aromatic rings. The van der Waals surface area contributed by atoms with Crippen LogP contribution in [0.15, 0.2) is 12.4 Å². The lowest BCUT2D eigenvalue weighted by Crippen LogP contribution is -2.50. The molecule has 1 N–H and O–H groups in total. The number of nitrogens with one attached hydrogen (secondary N) is 1. The molecule has 2 aliphatic heterocycles. The molecule has 3 rings (SSSR count). The van der Waals surface area contributed by atoms with Gasteiger partial charge in [-0.25, -0.2) is 14.5 Å². The van der Waals surface area contributed by atoms with E-state index in [4.69, 9.17) is 9.47 Å². The minimum absolute atomic E-state index is 0.181. The van der Waals surface area contributed by atoms with Crippen molar-refractivity contribution in [3.63, 3.8) is 0 Å². The molecule has 0 unspecified atom stereocenters. The molecular formula is C14H19N5O4. The molecule has 0 spiro atoms. The zero-order valence-electron chi connectivity index (χ0n) is 12.9. The standard InChI is InChI=1S/C14H19N5O4/c1-22-11-7-15-8-12(17-11)23-10-3-2-5-18(9-10)14(21)19-6-4-16-13(19)20/h7-8,10H,2-6,9H2,1H3,(H,16,20)/t10-/m1/s1. The van der Waals surface area contributed by atoms with Gasteiger partial charge >= 0.3 is 12.1 Å². The van der Waals surface area contributed by atoms with E-state index in [0.717, 1.165) is 12.8 Å². The fourth-order valence-corrected chi connectivity index (χ4v) is 2.69. The molecule has 9 heteroatoms. The predicted molar refractivity (Wildman–Crippen MR) is 79.3 cm³/mol. The van der Waals surface area contributed by atoms with Crippen molar-refractivity contribution in [2.24, 2.45) is 0 Å². The number of amides is 4. The third-order valence-corrected chi connectivity index (χ3v) is 3.82. The quantitative estimate of drug-likeness (QED) is 0.869. The average molecular weight is 321 g/mol. The number of ether oxygens (including phenoxy) is 2. The molecule has 9 nitrogen and oxygen atoms in total. The van der Waals surface area contributed by atoms with E-state index >= 15 is 0 Å². The van der Waals surface area contributed by atoms with E-state index in [0.29, 0.717) is 37.9 Å². The monoisotopic (exact) mass is 321 g/mol. The van der Waals surface area contributed by atoms with Gasteiger partial charge < -0.3 is 19.7 Å². The Balaban J connectivity index is 1.61. The number of methoxy groups -OCH3 is 1. The Labute approximate surface area is 133 Å². The van der Waals surface area contributed by atoms with E-state index in [1.165, 1.54) is 24.4 Å². The highest BCUT2D eigenvalue weighted by molar-refractivity contribution is 5.95. The van der Waals surface area contributed by atoms with Gasteiger partial charge in [0.25, 0.3) is 0 Å². The van der Waals surface area contributed by atoms with Crippen molar-refractivity contribution >= 4 is 12.1 Å². The van der Waals surface area contributed by atoms with Crippen molar-refractivity contribution in [3.8, 4) is 11.8 Å². The first-order valence-electron chi connectivity index (χ1n) is 7.54. The Kier molecular flexibility index (Phi) is 4.45. The second-order valence-electron chi connectivity index (χ2n) is 5.39. The predicted octanol–water partition coefficient (Wildman–Crippen LogP) is 0.474. The highest BCUT2D eigenvalue weighted by Gasteiger charge is 2.33. The first kappa shape index (κ1) is 15.3. The molecule has 0 bridgehead atoms. The number of hydrogen-bond acceptors (Lipinski definition) is 6. The van der Waals surface area contributed by atoms with Crippen LogP contribution in [0.3, 0.4) is 0 Å². The summed E-state index contributed by atoms with van der Waals surface area (Å²) in [6.45, 7) is 1.94. The number of nitrogens with zero attached hydrogens (tertiary/aromatic N) is 4. The molecule has 4 amide bonds. The first-order chi connectivity index (χ1) is 11.2. The highest BCUT2D eigenvalue weighted by Crippen LogP contribution is 2.19. The summed E-state index contributed by atoms with van der Waals surface area (Å²) in [7, 11) is 1.51. The molecule has 1 atom stereocenters. The van der Waals surface area contributed by atoms with Crippen LogP contribution in [0, 0.1) is 0 Å². The molecule has 1 aromatic heterocycles. The van der Waals surface area contributed by atoms with Gasteiger partial charge in [0.15, 0.2) is 0 Å². The molecule has 2 fully saturated rings. The summed E-state index contributed by atoms with van der Waals surface area (Å²) in [5.74, 6) is 0.738. The topological polar surface area (TPSA) is 96.9 Å². The number of imide groups is 1. The number of hydrogen-bond donors (Lipinski definition) is 1. The maximum atomic E-state index is 12.4. The van der Waals surface area contributed by atoms with Crippen molar-refractivity contribution in [2.45, 2.75) is 18.9 Å². The van der Waals surface area contributed by atoms with E-state index in [2.05, 4.69) is 15.3 Å². The third-order valence-electron chi connectivity index (χ3n) is 3.82. The zero-order chi connectivity index (χ0) is 16.2. The number of urea groups is 2. The summed E-state index contributed by atoms with van der Waals surface area (Å²) in [5, 5.41) is 2.63. The van der Waals surface area contributed by atoms with Gasteiger partial charge in [0, 0.05) is 19.6 Å². The fraction of sp³-hybridized carbons (Fsp3) is 0.571. The van der Waals surface area contributed by atoms with E-state index in [1.54, 1.807) is 4.90 Å². The Hall–Kier alpha value is -2.58. The zero-order valence-corrected chi connectivity index (χ0v) is 12.9. The number of carbonyl (C=O) groups is 2. The van der Waals surface area contributed by atoms with Crippen LogP contribution in [0.5, 0.6) is 11.8 Å². The van der Waals surface area contributed by atoms with Crippen molar-refractivity contribution in [3.05, 3.63) is 12.4 Å². The van der Waals surface area contributed by atoms with Crippen LogP contribution in [-0.4, -0.2) is 71.2 Å². The fourth-order valence-electron chi connectivity index (χ4n) is 2.69. The van der Waals surface area contributed by atoms with Crippen molar-refractivity contribution in [1.82, 2.24) is 25.1 Å². The van der Waals surface area contributed by atoms with E-state index in [9.17, 15) is 9.59 Å². The lowest BCUT2D eigenvalue weighted by Gasteiger charge is -2.34. The third kappa shape index (κ3) is 3.43. The Morgan fingerprint density at radius 1 is 1.35 bits per heavy atom. The van der Waals surface area contributed by atoms with Gasteiger partial charge in [-0.2, -0.15) is 4.98 Å². The Morgan fingerprint density at radius 2 is 2.17 bits per heavy atom. The summed E-state index contributed by atoms with van der Waals surface area (Å²) in [5.41, 5.74) is 0. The second-order valence-corrected chi connectivity index (χ2v) is 5.39. The average Bonchev–Trinajstić information content (AvgIpc) is 3.00. The van der Waals surface area contributed by atoms with Crippen molar-refractivity contribution < 1.29 is 19.1 Å². The SMILES string of the molecule is COc1cncc(O[C@@H]2CCCN(C(=O)N3CCNC3=O)C2)n1. The molecule has 3 heterocycles. The molecule has 0 saturated carbocycles. The molecule has 2 aliphatic rings. The maximum Gasteiger partial charge on any atom is 0.328 e. The number of carbonyl (C=O) groups excluding carboxylic acids is 2.